The van der Waals surface area contributed by atoms with Crippen LogP contribution in [0.2, 0.25) is 0 Å². The number of amides is 2. The number of nitrogens with zero attached hydrogens (tertiary/aromatic N) is 1. The van der Waals surface area contributed by atoms with Crippen LogP contribution < -0.4 is 10.1 Å². The maximum absolute atomic E-state index is 13.6. The van der Waals surface area contributed by atoms with E-state index in [0.29, 0.717) is 25.3 Å². The van der Waals surface area contributed by atoms with Crippen molar-refractivity contribution in [2.45, 2.75) is 52.6 Å². The first-order chi connectivity index (χ1) is 17.0. The molecule has 2 amide bonds. The number of hydrogen-bond acceptors (Lipinski definition) is 3. The molecule has 0 aliphatic heterocycles. The SMILES string of the molecule is CCCCNC(=O)[C@H](Cc1ccccc1)N(Cc1ccc(C)cc1)C(=O)COc1cccc(C)c1. The molecule has 0 heterocycles. The van der Waals surface area contributed by atoms with Crippen LogP contribution in [0.25, 0.3) is 0 Å². The van der Waals surface area contributed by atoms with Crippen molar-refractivity contribution in [2.24, 2.45) is 0 Å². The van der Waals surface area contributed by atoms with Crippen molar-refractivity contribution >= 4 is 11.8 Å². The van der Waals surface area contributed by atoms with Crippen LogP contribution in [0.3, 0.4) is 0 Å². The molecule has 1 N–H and O–H groups in total. The predicted molar refractivity (Wildman–Crippen MR) is 140 cm³/mol. The minimum Gasteiger partial charge on any atom is -0.484 e. The Hall–Kier alpha value is -3.60. The number of aryl methyl sites for hydroxylation is 2. The largest absolute Gasteiger partial charge is 0.484 e. The fourth-order valence-electron chi connectivity index (χ4n) is 3.88. The van der Waals surface area contributed by atoms with Gasteiger partial charge in [-0.25, -0.2) is 0 Å². The van der Waals surface area contributed by atoms with Gasteiger partial charge in [0.05, 0.1) is 0 Å². The molecule has 35 heavy (non-hydrogen) atoms. The molecule has 0 aromatic heterocycles. The van der Waals surface area contributed by atoms with Gasteiger partial charge in [0, 0.05) is 19.5 Å². The molecule has 0 fully saturated rings. The van der Waals surface area contributed by atoms with Gasteiger partial charge in [-0.2, -0.15) is 0 Å². The number of carbonyl (C=O) groups is 2. The molecule has 184 valence electrons. The van der Waals surface area contributed by atoms with Gasteiger partial charge in [0.15, 0.2) is 6.61 Å². The zero-order valence-corrected chi connectivity index (χ0v) is 21.0. The Balaban J connectivity index is 1.87. The lowest BCUT2D eigenvalue weighted by atomic mass is 10.0. The number of hydrogen-bond donors (Lipinski definition) is 1. The highest BCUT2D eigenvalue weighted by Crippen LogP contribution is 2.17. The summed E-state index contributed by atoms with van der Waals surface area (Å²) >= 11 is 0. The first-order valence-corrected chi connectivity index (χ1v) is 12.3. The number of ether oxygens (including phenoxy) is 1. The van der Waals surface area contributed by atoms with E-state index in [2.05, 4.69) is 12.2 Å². The first-order valence-electron chi connectivity index (χ1n) is 12.3. The number of rotatable bonds is 12. The topological polar surface area (TPSA) is 58.6 Å². The lowest BCUT2D eigenvalue weighted by Gasteiger charge is -2.31. The second-order valence-electron chi connectivity index (χ2n) is 8.96. The summed E-state index contributed by atoms with van der Waals surface area (Å²) < 4.78 is 5.84. The Kier molecular flexibility index (Phi) is 9.91. The van der Waals surface area contributed by atoms with E-state index in [-0.39, 0.29) is 18.4 Å². The Morgan fingerprint density at radius 3 is 2.31 bits per heavy atom. The van der Waals surface area contributed by atoms with Gasteiger partial charge in [-0.05, 0) is 49.1 Å². The number of nitrogens with one attached hydrogen (secondary N) is 1. The third-order valence-corrected chi connectivity index (χ3v) is 5.93. The summed E-state index contributed by atoms with van der Waals surface area (Å²) in [6, 6.07) is 24.9. The number of benzene rings is 3. The van der Waals surface area contributed by atoms with Gasteiger partial charge in [-0.15, -0.1) is 0 Å². The minimum absolute atomic E-state index is 0.136. The molecule has 3 aromatic rings. The molecule has 0 bridgehead atoms. The average Bonchev–Trinajstić information content (AvgIpc) is 2.86. The predicted octanol–water partition coefficient (Wildman–Crippen LogP) is 5.24. The van der Waals surface area contributed by atoms with E-state index >= 15 is 0 Å². The smallest absolute Gasteiger partial charge is 0.261 e. The van der Waals surface area contributed by atoms with Crippen LogP contribution in [0.15, 0.2) is 78.9 Å². The van der Waals surface area contributed by atoms with E-state index in [1.165, 1.54) is 0 Å². The molecule has 5 nitrogen and oxygen atoms in total. The maximum Gasteiger partial charge on any atom is 0.261 e. The van der Waals surface area contributed by atoms with E-state index in [1.54, 1.807) is 4.90 Å². The highest BCUT2D eigenvalue weighted by molar-refractivity contribution is 5.88. The van der Waals surface area contributed by atoms with Crippen molar-refractivity contribution in [3.63, 3.8) is 0 Å². The second-order valence-corrected chi connectivity index (χ2v) is 8.96. The summed E-state index contributed by atoms with van der Waals surface area (Å²) in [6.07, 6.45) is 2.31. The molecular weight excluding hydrogens is 436 g/mol. The van der Waals surface area contributed by atoms with Crippen molar-refractivity contribution < 1.29 is 14.3 Å². The summed E-state index contributed by atoms with van der Waals surface area (Å²) in [5, 5.41) is 3.04. The Labute approximate surface area is 209 Å². The van der Waals surface area contributed by atoms with Crippen LogP contribution in [0.5, 0.6) is 5.75 Å². The summed E-state index contributed by atoms with van der Waals surface area (Å²) in [5.41, 5.74) is 4.18. The molecule has 3 rings (SSSR count). The molecule has 0 aliphatic carbocycles. The van der Waals surface area contributed by atoms with Gasteiger partial charge in [-0.3, -0.25) is 9.59 Å². The summed E-state index contributed by atoms with van der Waals surface area (Å²) in [7, 11) is 0. The fourth-order valence-corrected chi connectivity index (χ4v) is 3.88. The molecule has 3 aromatic carbocycles. The van der Waals surface area contributed by atoms with Crippen LogP contribution in [0.4, 0.5) is 0 Å². The zero-order chi connectivity index (χ0) is 25.0. The molecule has 0 saturated carbocycles. The molecule has 0 aliphatic rings. The van der Waals surface area contributed by atoms with Crippen molar-refractivity contribution in [3.05, 3.63) is 101 Å². The number of carbonyl (C=O) groups excluding carboxylic acids is 2. The third-order valence-electron chi connectivity index (χ3n) is 5.93. The normalized spacial score (nSPS) is 11.5. The fraction of sp³-hybridized carbons (Fsp3) is 0.333. The van der Waals surface area contributed by atoms with Crippen LogP contribution in [-0.2, 0) is 22.6 Å². The molecular formula is C30H36N2O3. The Bertz CT molecular complexity index is 1080. The van der Waals surface area contributed by atoms with Crippen molar-refractivity contribution in [1.82, 2.24) is 10.2 Å². The maximum atomic E-state index is 13.6. The first kappa shape index (κ1) is 26.0. The summed E-state index contributed by atoms with van der Waals surface area (Å²) in [4.78, 5) is 28.6. The van der Waals surface area contributed by atoms with Crippen LogP contribution in [0, 0.1) is 13.8 Å². The molecule has 5 heteroatoms. The van der Waals surface area contributed by atoms with Crippen LogP contribution in [0.1, 0.15) is 42.0 Å². The molecule has 0 spiro atoms. The average molecular weight is 473 g/mol. The molecule has 1 atom stereocenters. The van der Waals surface area contributed by atoms with E-state index in [0.717, 1.165) is 35.1 Å². The van der Waals surface area contributed by atoms with Crippen molar-refractivity contribution in [3.8, 4) is 5.75 Å². The van der Waals surface area contributed by atoms with Gasteiger partial charge >= 0.3 is 0 Å². The van der Waals surface area contributed by atoms with E-state index in [4.69, 9.17) is 4.74 Å². The van der Waals surface area contributed by atoms with Gasteiger partial charge in [0.1, 0.15) is 11.8 Å². The zero-order valence-electron chi connectivity index (χ0n) is 21.0. The van der Waals surface area contributed by atoms with Crippen LogP contribution >= 0.6 is 0 Å². The minimum atomic E-state index is -0.649. The van der Waals surface area contributed by atoms with Gasteiger partial charge in [0.2, 0.25) is 5.91 Å². The Morgan fingerprint density at radius 1 is 0.886 bits per heavy atom. The number of unbranched alkanes of at least 4 members (excludes halogenated alkanes) is 1. The van der Waals surface area contributed by atoms with Crippen LogP contribution in [-0.4, -0.2) is 35.9 Å². The van der Waals surface area contributed by atoms with Gasteiger partial charge in [-0.1, -0.05) is 85.6 Å². The molecule has 0 unspecified atom stereocenters. The third kappa shape index (κ3) is 8.29. The van der Waals surface area contributed by atoms with Gasteiger partial charge < -0.3 is 15.0 Å². The second kappa shape index (κ2) is 13.3. The highest BCUT2D eigenvalue weighted by Gasteiger charge is 2.30. The monoisotopic (exact) mass is 472 g/mol. The molecule has 0 saturated heterocycles. The van der Waals surface area contributed by atoms with Crippen molar-refractivity contribution in [2.75, 3.05) is 13.2 Å². The van der Waals surface area contributed by atoms with E-state index in [9.17, 15) is 9.59 Å². The highest BCUT2D eigenvalue weighted by atomic mass is 16.5. The standard InChI is InChI=1S/C30H36N2O3/c1-4-5-18-31-30(34)28(20-25-11-7-6-8-12-25)32(21-26-16-14-23(2)15-17-26)29(33)22-35-27-13-9-10-24(3)19-27/h6-17,19,28H,4-5,18,20-22H2,1-3H3,(H,31,34)/t28-/m0/s1. The lowest BCUT2D eigenvalue weighted by Crippen LogP contribution is -2.51. The summed E-state index contributed by atoms with van der Waals surface area (Å²) in [6.45, 7) is 6.88. The van der Waals surface area contributed by atoms with E-state index < -0.39 is 6.04 Å². The lowest BCUT2D eigenvalue weighted by molar-refractivity contribution is -0.142. The quantitative estimate of drug-likeness (QED) is 0.367. The van der Waals surface area contributed by atoms with Crippen molar-refractivity contribution in [1.29, 1.82) is 0 Å². The van der Waals surface area contributed by atoms with Gasteiger partial charge in [0.25, 0.3) is 5.91 Å². The summed E-state index contributed by atoms with van der Waals surface area (Å²) in [5.74, 6) is 0.276. The molecule has 0 radical (unpaired) electrons. The Morgan fingerprint density at radius 2 is 1.63 bits per heavy atom. The van der Waals surface area contributed by atoms with E-state index in [1.807, 2.05) is 92.7 Å².